The quantitative estimate of drug-likeness (QED) is 0.727. The van der Waals surface area contributed by atoms with Crippen molar-refractivity contribution in [2.24, 2.45) is 0 Å². The first-order valence-electron chi connectivity index (χ1n) is 8.36. The maximum atomic E-state index is 5.60. The van der Waals surface area contributed by atoms with E-state index in [1.165, 1.54) is 5.56 Å². The van der Waals surface area contributed by atoms with Gasteiger partial charge in [0.05, 0.1) is 11.6 Å². The van der Waals surface area contributed by atoms with Gasteiger partial charge in [-0.15, -0.1) is 0 Å². The van der Waals surface area contributed by atoms with E-state index < -0.39 is 0 Å². The van der Waals surface area contributed by atoms with Crippen molar-refractivity contribution >= 4 is 0 Å². The van der Waals surface area contributed by atoms with Crippen LogP contribution in [0.4, 0.5) is 0 Å². The lowest BCUT2D eigenvalue weighted by molar-refractivity contribution is 0.171. The summed E-state index contributed by atoms with van der Waals surface area (Å²) < 4.78 is 16.6. The molecule has 3 aromatic rings. The van der Waals surface area contributed by atoms with Gasteiger partial charge in [0.15, 0.2) is 17.3 Å². The highest BCUT2D eigenvalue weighted by atomic mass is 16.6. The molecule has 1 aliphatic carbocycles. The van der Waals surface area contributed by atoms with E-state index in [9.17, 15) is 0 Å². The molecule has 0 unspecified atom stereocenters. The first kappa shape index (κ1) is 14.4. The van der Waals surface area contributed by atoms with Crippen LogP contribution in [-0.4, -0.2) is 33.3 Å². The Kier molecular flexibility index (Phi) is 3.19. The van der Waals surface area contributed by atoms with Crippen LogP contribution in [-0.2, 0) is 5.41 Å². The second kappa shape index (κ2) is 5.54. The minimum atomic E-state index is -0.182. The zero-order valence-corrected chi connectivity index (χ0v) is 13.5. The lowest BCUT2D eigenvalue weighted by atomic mass is 9.64. The van der Waals surface area contributed by atoms with E-state index in [-0.39, 0.29) is 5.41 Å². The molecule has 2 aliphatic rings. The van der Waals surface area contributed by atoms with E-state index in [2.05, 4.69) is 20.1 Å². The van der Waals surface area contributed by atoms with Crippen LogP contribution in [0.5, 0.6) is 11.5 Å². The molecule has 1 fully saturated rings. The molecule has 0 radical (unpaired) electrons. The second-order valence-electron chi connectivity index (χ2n) is 6.31. The predicted octanol–water partition coefficient (Wildman–Crippen LogP) is 2.77. The smallest absolute Gasteiger partial charge is 0.276 e. The summed E-state index contributed by atoms with van der Waals surface area (Å²) in [5.41, 5.74) is 1.59. The zero-order valence-electron chi connectivity index (χ0n) is 13.5. The topological polar surface area (TPSA) is 83.2 Å². The van der Waals surface area contributed by atoms with Gasteiger partial charge in [-0.05, 0) is 30.5 Å². The standard InChI is InChI=1S/C18H16N4O3/c1-4-18(5-1,12-2-6-19-7-3-12)17-21-16(25-22-17)13-10-14-15(11-20-13)24-9-8-23-14/h2-3,6-7,10-11H,1,4-5,8-9H2. The highest BCUT2D eigenvalue weighted by Crippen LogP contribution is 2.48. The summed E-state index contributed by atoms with van der Waals surface area (Å²) in [5, 5.41) is 4.26. The monoisotopic (exact) mass is 336 g/mol. The molecule has 0 bridgehead atoms. The van der Waals surface area contributed by atoms with Gasteiger partial charge >= 0.3 is 0 Å². The molecule has 0 amide bonds. The largest absolute Gasteiger partial charge is 0.486 e. The summed E-state index contributed by atoms with van der Waals surface area (Å²) in [7, 11) is 0. The summed E-state index contributed by atoms with van der Waals surface area (Å²) >= 11 is 0. The van der Waals surface area contributed by atoms with Crippen LogP contribution in [0.3, 0.4) is 0 Å². The van der Waals surface area contributed by atoms with Gasteiger partial charge in [0.1, 0.15) is 18.9 Å². The Morgan fingerprint density at radius 1 is 1.00 bits per heavy atom. The normalized spacial score (nSPS) is 17.8. The summed E-state index contributed by atoms with van der Waals surface area (Å²) in [6.07, 6.45) is 8.40. The molecule has 1 saturated carbocycles. The van der Waals surface area contributed by atoms with E-state index in [1.807, 2.05) is 12.1 Å². The van der Waals surface area contributed by atoms with Crippen LogP contribution < -0.4 is 9.47 Å². The Morgan fingerprint density at radius 2 is 1.80 bits per heavy atom. The molecule has 3 aromatic heterocycles. The lowest BCUT2D eigenvalue weighted by Crippen LogP contribution is -2.36. The minimum absolute atomic E-state index is 0.182. The molecule has 7 nitrogen and oxygen atoms in total. The highest BCUT2D eigenvalue weighted by molar-refractivity contribution is 5.54. The van der Waals surface area contributed by atoms with Gasteiger partial charge in [-0.3, -0.25) is 4.98 Å². The molecule has 4 heterocycles. The molecule has 25 heavy (non-hydrogen) atoms. The number of hydrogen-bond donors (Lipinski definition) is 0. The molecule has 5 rings (SSSR count). The Balaban J connectivity index is 1.51. The van der Waals surface area contributed by atoms with Crippen LogP contribution in [0.1, 0.15) is 30.7 Å². The van der Waals surface area contributed by atoms with Gasteiger partial charge in [-0.25, -0.2) is 4.98 Å². The molecule has 7 heteroatoms. The van der Waals surface area contributed by atoms with Gasteiger partial charge in [-0.2, -0.15) is 4.98 Å². The maximum Gasteiger partial charge on any atom is 0.276 e. The fourth-order valence-corrected chi connectivity index (χ4v) is 3.43. The molecular formula is C18H16N4O3. The van der Waals surface area contributed by atoms with Crippen molar-refractivity contribution < 1.29 is 14.0 Å². The van der Waals surface area contributed by atoms with E-state index in [0.29, 0.717) is 42.1 Å². The number of nitrogens with zero attached hydrogens (tertiary/aromatic N) is 4. The predicted molar refractivity (Wildman–Crippen MR) is 87.4 cm³/mol. The lowest BCUT2D eigenvalue weighted by Gasteiger charge is -2.39. The van der Waals surface area contributed by atoms with E-state index >= 15 is 0 Å². The molecule has 126 valence electrons. The van der Waals surface area contributed by atoms with E-state index in [0.717, 1.165) is 19.3 Å². The molecular weight excluding hydrogens is 320 g/mol. The van der Waals surface area contributed by atoms with Crippen LogP contribution in [0, 0.1) is 0 Å². The van der Waals surface area contributed by atoms with Crippen molar-refractivity contribution in [3.63, 3.8) is 0 Å². The van der Waals surface area contributed by atoms with Crippen LogP contribution in [0.2, 0.25) is 0 Å². The number of ether oxygens (including phenoxy) is 2. The summed E-state index contributed by atoms with van der Waals surface area (Å²) in [4.78, 5) is 13.1. The molecule has 0 spiro atoms. The average Bonchev–Trinajstić information content (AvgIpc) is 3.11. The van der Waals surface area contributed by atoms with Crippen LogP contribution >= 0.6 is 0 Å². The van der Waals surface area contributed by atoms with E-state index in [4.69, 9.17) is 14.0 Å². The molecule has 0 aromatic carbocycles. The van der Waals surface area contributed by atoms with Crippen molar-refractivity contribution in [1.29, 1.82) is 0 Å². The maximum absolute atomic E-state index is 5.60. The Hall–Kier alpha value is -2.96. The van der Waals surface area contributed by atoms with Gasteiger partial charge < -0.3 is 14.0 Å². The Labute approximate surface area is 144 Å². The number of rotatable bonds is 3. The first-order chi connectivity index (χ1) is 12.4. The molecule has 0 saturated heterocycles. The first-order valence-corrected chi connectivity index (χ1v) is 8.36. The van der Waals surface area contributed by atoms with Crippen molar-refractivity contribution in [1.82, 2.24) is 20.1 Å². The van der Waals surface area contributed by atoms with Crippen molar-refractivity contribution in [3.8, 4) is 23.1 Å². The number of aromatic nitrogens is 4. The van der Waals surface area contributed by atoms with Crippen molar-refractivity contribution in [2.45, 2.75) is 24.7 Å². The zero-order chi connectivity index (χ0) is 16.7. The fraction of sp³-hybridized carbons (Fsp3) is 0.333. The van der Waals surface area contributed by atoms with Crippen molar-refractivity contribution in [3.05, 3.63) is 48.2 Å². The SMILES string of the molecule is c1cc(C2(c3noc(-c4cc5c(cn4)OCCO5)n3)CCC2)ccn1. The van der Waals surface area contributed by atoms with Gasteiger partial charge in [0, 0.05) is 18.5 Å². The third-order valence-corrected chi connectivity index (χ3v) is 4.94. The summed E-state index contributed by atoms with van der Waals surface area (Å²) in [5.74, 6) is 2.40. The summed E-state index contributed by atoms with van der Waals surface area (Å²) in [6, 6.07) is 5.83. The van der Waals surface area contributed by atoms with Gasteiger partial charge in [0.25, 0.3) is 5.89 Å². The third-order valence-electron chi connectivity index (χ3n) is 4.94. The molecule has 1 aliphatic heterocycles. The van der Waals surface area contributed by atoms with Crippen LogP contribution in [0.25, 0.3) is 11.6 Å². The Morgan fingerprint density at radius 3 is 2.56 bits per heavy atom. The molecule has 0 atom stereocenters. The van der Waals surface area contributed by atoms with Gasteiger partial charge in [0.2, 0.25) is 0 Å². The highest BCUT2D eigenvalue weighted by Gasteiger charge is 2.44. The average molecular weight is 336 g/mol. The number of fused-ring (bicyclic) bond motifs is 1. The van der Waals surface area contributed by atoms with Crippen LogP contribution in [0.15, 0.2) is 41.3 Å². The number of hydrogen-bond acceptors (Lipinski definition) is 7. The van der Waals surface area contributed by atoms with E-state index in [1.54, 1.807) is 24.7 Å². The third kappa shape index (κ3) is 2.26. The fourth-order valence-electron chi connectivity index (χ4n) is 3.43. The minimum Gasteiger partial charge on any atom is -0.486 e. The van der Waals surface area contributed by atoms with Crippen molar-refractivity contribution in [2.75, 3.05) is 13.2 Å². The molecule has 0 N–H and O–H groups in total. The Bertz CT molecular complexity index is 906. The van der Waals surface area contributed by atoms with Gasteiger partial charge in [-0.1, -0.05) is 11.6 Å². The second-order valence-corrected chi connectivity index (χ2v) is 6.31. The summed E-state index contributed by atoms with van der Waals surface area (Å²) in [6.45, 7) is 1.06. The number of pyridine rings is 2.